The fourth-order valence-electron chi connectivity index (χ4n) is 2.04. The first-order chi connectivity index (χ1) is 8.15. The molecule has 0 aromatic carbocycles. The molecule has 1 aliphatic carbocycles. The lowest BCUT2D eigenvalue weighted by molar-refractivity contribution is -0.129. The highest BCUT2D eigenvalue weighted by molar-refractivity contribution is 7.85. The van der Waals surface area contributed by atoms with E-state index in [0.717, 1.165) is 12.8 Å². The van der Waals surface area contributed by atoms with Gasteiger partial charge < -0.3 is 4.90 Å². The predicted molar refractivity (Wildman–Crippen MR) is 67.7 cm³/mol. The number of rotatable bonds is 6. The Balaban J connectivity index is 2.22. The van der Waals surface area contributed by atoms with Gasteiger partial charge in [0.2, 0.25) is 5.91 Å². The number of nitrogens with zero attached hydrogens (tertiary/aromatic N) is 2. The molecule has 0 saturated heterocycles. The third-order valence-electron chi connectivity index (χ3n) is 3.18. The highest BCUT2D eigenvalue weighted by Gasteiger charge is 2.22. The maximum absolute atomic E-state index is 11.9. The number of hydrogen-bond donors (Lipinski definition) is 0. The van der Waals surface area contributed by atoms with Gasteiger partial charge in [0.15, 0.2) is 0 Å². The van der Waals surface area contributed by atoms with E-state index in [4.69, 9.17) is 5.26 Å². The van der Waals surface area contributed by atoms with E-state index in [2.05, 4.69) is 0 Å². The normalized spacial score (nSPS) is 17.6. The molecule has 0 aliphatic heterocycles. The summed E-state index contributed by atoms with van der Waals surface area (Å²) in [6.07, 6.45) is 5.13. The molecule has 17 heavy (non-hydrogen) atoms. The SMILES string of the molecule is CN(CCC#N)C(=O)CCS(=O)C1CCCC1. The first-order valence-corrected chi connectivity index (χ1v) is 7.51. The molecule has 0 bridgehead atoms. The minimum atomic E-state index is -0.851. The summed E-state index contributed by atoms with van der Waals surface area (Å²) in [7, 11) is 0.842. The topological polar surface area (TPSA) is 61.2 Å². The van der Waals surface area contributed by atoms with Crippen molar-refractivity contribution >= 4 is 16.7 Å². The van der Waals surface area contributed by atoms with Gasteiger partial charge in [0.05, 0.1) is 12.5 Å². The molecule has 0 radical (unpaired) electrons. The molecule has 1 amide bonds. The van der Waals surface area contributed by atoms with Crippen molar-refractivity contribution in [3.05, 3.63) is 0 Å². The molecule has 5 heteroatoms. The molecule has 1 unspecified atom stereocenters. The summed E-state index contributed by atoms with van der Waals surface area (Å²) in [6.45, 7) is 0.464. The number of carbonyl (C=O) groups excluding carboxylic acids is 1. The van der Waals surface area contributed by atoms with Crippen molar-refractivity contribution in [2.45, 2.75) is 43.8 Å². The zero-order valence-electron chi connectivity index (χ0n) is 10.4. The predicted octanol–water partition coefficient (Wildman–Crippen LogP) is 1.44. The number of amides is 1. The van der Waals surface area contributed by atoms with Crippen molar-refractivity contribution in [1.29, 1.82) is 5.26 Å². The minimum absolute atomic E-state index is 0.00778. The van der Waals surface area contributed by atoms with E-state index in [-0.39, 0.29) is 5.91 Å². The maximum Gasteiger partial charge on any atom is 0.223 e. The molecule has 1 atom stereocenters. The smallest absolute Gasteiger partial charge is 0.223 e. The highest BCUT2D eigenvalue weighted by atomic mass is 32.2. The Morgan fingerprint density at radius 2 is 2.12 bits per heavy atom. The van der Waals surface area contributed by atoms with Crippen molar-refractivity contribution in [1.82, 2.24) is 4.90 Å². The van der Waals surface area contributed by atoms with Crippen LogP contribution in [0.25, 0.3) is 0 Å². The molecular formula is C12H20N2O2S. The van der Waals surface area contributed by atoms with Crippen molar-refractivity contribution in [3.8, 4) is 6.07 Å². The Kier molecular flexibility index (Phi) is 6.20. The summed E-state index contributed by atoms with van der Waals surface area (Å²) in [4.78, 5) is 13.2. The molecule has 1 fully saturated rings. The first-order valence-electron chi connectivity index (χ1n) is 6.13. The fourth-order valence-corrected chi connectivity index (χ4v) is 3.61. The van der Waals surface area contributed by atoms with Crippen molar-refractivity contribution in [2.24, 2.45) is 0 Å². The van der Waals surface area contributed by atoms with Gasteiger partial charge in [-0.05, 0) is 12.8 Å². The van der Waals surface area contributed by atoms with Gasteiger partial charge in [-0.15, -0.1) is 0 Å². The van der Waals surface area contributed by atoms with Gasteiger partial charge >= 0.3 is 0 Å². The molecule has 0 spiro atoms. The first kappa shape index (κ1) is 14.2. The zero-order chi connectivity index (χ0) is 12.7. The van der Waals surface area contributed by atoms with Gasteiger partial charge in [0.25, 0.3) is 0 Å². The van der Waals surface area contributed by atoms with E-state index in [1.165, 1.54) is 12.8 Å². The average Bonchev–Trinajstić information content (AvgIpc) is 2.86. The van der Waals surface area contributed by atoms with Crippen LogP contribution in [-0.2, 0) is 15.6 Å². The summed E-state index contributed by atoms with van der Waals surface area (Å²) in [5.41, 5.74) is 0. The summed E-state index contributed by atoms with van der Waals surface area (Å²) in [5.74, 6) is 0.465. The lowest BCUT2D eigenvalue weighted by Gasteiger charge is -2.16. The second-order valence-corrected chi connectivity index (χ2v) is 6.30. The monoisotopic (exact) mass is 256 g/mol. The summed E-state index contributed by atoms with van der Waals surface area (Å²) >= 11 is 0. The third-order valence-corrected chi connectivity index (χ3v) is 5.00. The lowest BCUT2D eigenvalue weighted by atomic mass is 10.3. The molecule has 1 rings (SSSR count). The lowest BCUT2D eigenvalue weighted by Crippen LogP contribution is -2.29. The highest BCUT2D eigenvalue weighted by Crippen LogP contribution is 2.23. The summed E-state index contributed by atoms with van der Waals surface area (Å²) in [5, 5.41) is 8.73. The van der Waals surface area contributed by atoms with Crippen molar-refractivity contribution < 1.29 is 9.00 Å². The molecular weight excluding hydrogens is 236 g/mol. The van der Waals surface area contributed by atoms with E-state index in [9.17, 15) is 9.00 Å². The molecule has 0 heterocycles. The van der Waals surface area contributed by atoms with Gasteiger partial charge in [-0.2, -0.15) is 5.26 Å². The van der Waals surface area contributed by atoms with Crippen LogP contribution in [0.15, 0.2) is 0 Å². The Bertz CT molecular complexity index is 319. The van der Waals surface area contributed by atoms with Gasteiger partial charge in [0.1, 0.15) is 0 Å². The Morgan fingerprint density at radius 1 is 1.47 bits per heavy atom. The Morgan fingerprint density at radius 3 is 2.71 bits per heavy atom. The molecule has 96 valence electrons. The average molecular weight is 256 g/mol. The van der Waals surface area contributed by atoms with E-state index in [0.29, 0.717) is 30.4 Å². The molecule has 4 nitrogen and oxygen atoms in total. The van der Waals surface area contributed by atoms with E-state index in [1.54, 1.807) is 11.9 Å². The van der Waals surface area contributed by atoms with Crippen molar-refractivity contribution in [2.75, 3.05) is 19.3 Å². The van der Waals surface area contributed by atoms with E-state index < -0.39 is 10.8 Å². The van der Waals surface area contributed by atoms with Gasteiger partial charge in [0, 0.05) is 41.8 Å². The molecule has 0 N–H and O–H groups in total. The number of nitriles is 1. The third kappa shape index (κ3) is 4.86. The largest absolute Gasteiger partial charge is 0.345 e. The van der Waals surface area contributed by atoms with Gasteiger partial charge in [-0.3, -0.25) is 9.00 Å². The van der Waals surface area contributed by atoms with Crippen LogP contribution in [0.1, 0.15) is 38.5 Å². The minimum Gasteiger partial charge on any atom is -0.345 e. The van der Waals surface area contributed by atoms with Crippen LogP contribution >= 0.6 is 0 Å². The molecule has 1 saturated carbocycles. The van der Waals surface area contributed by atoms with Crippen LogP contribution in [0.3, 0.4) is 0 Å². The van der Waals surface area contributed by atoms with Crippen LogP contribution in [-0.4, -0.2) is 39.6 Å². The van der Waals surface area contributed by atoms with E-state index in [1.807, 2.05) is 6.07 Å². The second-order valence-electron chi connectivity index (χ2n) is 4.46. The standard InChI is InChI=1S/C12H20N2O2S/c1-14(9-4-8-13)12(15)7-10-17(16)11-5-2-3-6-11/h11H,2-7,9-10H2,1H3. The van der Waals surface area contributed by atoms with Gasteiger partial charge in [-0.25, -0.2) is 0 Å². The fraction of sp³-hybridized carbons (Fsp3) is 0.833. The number of carbonyl (C=O) groups is 1. The van der Waals surface area contributed by atoms with Crippen LogP contribution < -0.4 is 0 Å². The van der Waals surface area contributed by atoms with Crippen LogP contribution in [0, 0.1) is 11.3 Å². The van der Waals surface area contributed by atoms with E-state index >= 15 is 0 Å². The summed E-state index contributed by atoms with van der Waals surface area (Å²) < 4.78 is 11.9. The zero-order valence-corrected chi connectivity index (χ0v) is 11.2. The van der Waals surface area contributed by atoms with Crippen molar-refractivity contribution in [3.63, 3.8) is 0 Å². The maximum atomic E-state index is 11.9. The van der Waals surface area contributed by atoms with Crippen LogP contribution in [0.2, 0.25) is 0 Å². The van der Waals surface area contributed by atoms with Gasteiger partial charge in [-0.1, -0.05) is 12.8 Å². The number of hydrogen-bond acceptors (Lipinski definition) is 3. The molecule has 0 aromatic rings. The quantitative estimate of drug-likeness (QED) is 0.722. The summed E-state index contributed by atoms with van der Waals surface area (Å²) in [6, 6.07) is 2.01. The van der Waals surface area contributed by atoms with Crippen LogP contribution in [0.4, 0.5) is 0 Å². The second kappa shape index (κ2) is 7.44. The van der Waals surface area contributed by atoms with Crippen LogP contribution in [0.5, 0.6) is 0 Å². The molecule has 1 aliphatic rings. The Labute approximate surface area is 105 Å². The Hall–Kier alpha value is -0.890. The molecule has 0 aromatic heterocycles.